The van der Waals surface area contributed by atoms with Gasteiger partial charge in [0.25, 0.3) is 0 Å². The van der Waals surface area contributed by atoms with Gasteiger partial charge in [0, 0.05) is 11.5 Å². The predicted octanol–water partition coefficient (Wildman–Crippen LogP) is 7.16. The van der Waals surface area contributed by atoms with Crippen LogP contribution in [0.3, 0.4) is 0 Å². The summed E-state index contributed by atoms with van der Waals surface area (Å²) in [5.74, 6) is 15.3. The summed E-state index contributed by atoms with van der Waals surface area (Å²) in [6.45, 7) is 5.23. The van der Waals surface area contributed by atoms with Crippen molar-refractivity contribution in [2.75, 3.05) is 6.61 Å². The molecule has 0 radical (unpaired) electrons. The molecule has 2 rings (SSSR count). The molecule has 1 aromatic carbocycles. The third-order valence-corrected chi connectivity index (χ3v) is 5.44. The van der Waals surface area contributed by atoms with Gasteiger partial charge in [0.1, 0.15) is 5.75 Å². The average Bonchev–Trinajstić information content (AvgIpc) is 2.73. The molecule has 0 aliphatic heterocycles. The Hall–Kier alpha value is -2.12. The summed E-state index contributed by atoms with van der Waals surface area (Å²) in [5.41, 5.74) is 1.00. The molecule has 0 aromatic heterocycles. The van der Waals surface area contributed by atoms with Crippen molar-refractivity contribution < 1.29 is 4.74 Å². The zero-order valence-electron chi connectivity index (χ0n) is 17.8. The monoisotopic (exact) mass is 376 g/mol. The van der Waals surface area contributed by atoms with E-state index in [1.807, 2.05) is 36.4 Å². The first-order valence-corrected chi connectivity index (χ1v) is 11.2. The molecular formula is C27H36O. The Morgan fingerprint density at radius 2 is 1.61 bits per heavy atom. The SMILES string of the molecule is CCCCC[C@H]1CC[C@H](C#C/C=C/C#Cc2ccc(OCCCC)cc2)CC1. The van der Waals surface area contributed by atoms with E-state index >= 15 is 0 Å². The van der Waals surface area contributed by atoms with Crippen LogP contribution in [0.2, 0.25) is 0 Å². The standard InChI is InChI=1S/C27H36O/c1-3-5-9-12-24-15-17-25(18-16-24)13-10-7-8-11-14-26-19-21-27(22-20-26)28-23-6-4-2/h7-8,19-22,24-25H,3-6,9,12,15-18,23H2,1-2H3/b8-7+/t24-,25-. The van der Waals surface area contributed by atoms with Gasteiger partial charge in [-0.15, -0.1) is 0 Å². The van der Waals surface area contributed by atoms with Crippen molar-refractivity contribution in [2.45, 2.75) is 78.1 Å². The molecule has 0 heterocycles. The third-order valence-electron chi connectivity index (χ3n) is 5.44. The van der Waals surface area contributed by atoms with E-state index in [1.165, 1.54) is 51.4 Å². The molecular weight excluding hydrogens is 340 g/mol. The van der Waals surface area contributed by atoms with Gasteiger partial charge in [0.2, 0.25) is 0 Å². The highest BCUT2D eigenvalue weighted by molar-refractivity contribution is 5.40. The Bertz CT molecular complexity index is 682. The normalized spacial score (nSPS) is 18.8. The van der Waals surface area contributed by atoms with Gasteiger partial charge in [0.15, 0.2) is 0 Å². The summed E-state index contributed by atoms with van der Waals surface area (Å²) < 4.78 is 5.67. The number of hydrogen-bond donors (Lipinski definition) is 0. The second-order valence-electron chi connectivity index (χ2n) is 7.83. The number of benzene rings is 1. The van der Waals surface area contributed by atoms with Gasteiger partial charge in [-0.3, -0.25) is 0 Å². The molecule has 1 heteroatoms. The van der Waals surface area contributed by atoms with Gasteiger partial charge in [-0.1, -0.05) is 69.6 Å². The summed E-state index contributed by atoms with van der Waals surface area (Å²) in [5, 5.41) is 0. The summed E-state index contributed by atoms with van der Waals surface area (Å²) in [6.07, 6.45) is 16.8. The van der Waals surface area contributed by atoms with Crippen LogP contribution in [0.1, 0.15) is 83.6 Å². The Kier molecular flexibility index (Phi) is 11.1. The molecule has 1 saturated carbocycles. The van der Waals surface area contributed by atoms with Crippen molar-refractivity contribution in [1.82, 2.24) is 0 Å². The summed E-state index contributed by atoms with van der Waals surface area (Å²) >= 11 is 0. The van der Waals surface area contributed by atoms with E-state index in [0.29, 0.717) is 5.92 Å². The maximum Gasteiger partial charge on any atom is 0.119 e. The van der Waals surface area contributed by atoms with Gasteiger partial charge < -0.3 is 4.74 Å². The Morgan fingerprint density at radius 1 is 0.893 bits per heavy atom. The molecule has 0 amide bonds. The highest BCUT2D eigenvalue weighted by Crippen LogP contribution is 2.31. The highest BCUT2D eigenvalue weighted by Gasteiger charge is 2.19. The van der Waals surface area contributed by atoms with E-state index in [9.17, 15) is 0 Å². The van der Waals surface area contributed by atoms with Crippen molar-refractivity contribution in [3.8, 4) is 29.4 Å². The van der Waals surface area contributed by atoms with Gasteiger partial charge in [-0.05, 0) is 74.4 Å². The smallest absolute Gasteiger partial charge is 0.119 e. The Morgan fingerprint density at radius 3 is 2.32 bits per heavy atom. The van der Waals surface area contributed by atoms with Crippen molar-refractivity contribution in [3.05, 3.63) is 42.0 Å². The zero-order chi connectivity index (χ0) is 19.9. The topological polar surface area (TPSA) is 9.23 Å². The van der Waals surface area contributed by atoms with Gasteiger partial charge >= 0.3 is 0 Å². The van der Waals surface area contributed by atoms with Gasteiger partial charge in [0.05, 0.1) is 6.61 Å². The van der Waals surface area contributed by atoms with Crippen LogP contribution in [-0.2, 0) is 0 Å². The second kappa shape index (κ2) is 14.0. The fraction of sp³-hybridized carbons (Fsp3) is 0.556. The molecule has 0 saturated heterocycles. The second-order valence-corrected chi connectivity index (χ2v) is 7.83. The van der Waals surface area contributed by atoms with Crippen molar-refractivity contribution in [3.63, 3.8) is 0 Å². The van der Waals surface area contributed by atoms with E-state index in [1.54, 1.807) is 0 Å². The number of hydrogen-bond acceptors (Lipinski definition) is 1. The summed E-state index contributed by atoms with van der Waals surface area (Å²) in [4.78, 5) is 0. The molecule has 0 atom stereocenters. The van der Waals surface area contributed by atoms with Crippen LogP contribution in [-0.4, -0.2) is 6.61 Å². The number of allylic oxidation sites excluding steroid dienone is 2. The molecule has 1 aromatic rings. The molecule has 1 fully saturated rings. The summed E-state index contributed by atoms with van der Waals surface area (Å²) in [6, 6.07) is 7.99. The fourth-order valence-corrected chi connectivity index (χ4v) is 3.62. The lowest BCUT2D eigenvalue weighted by Crippen LogP contribution is -2.13. The van der Waals surface area contributed by atoms with E-state index in [4.69, 9.17) is 4.74 Å². The molecule has 1 aliphatic carbocycles. The minimum Gasteiger partial charge on any atom is -0.494 e. The van der Waals surface area contributed by atoms with Crippen LogP contribution in [0.4, 0.5) is 0 Å². The first-order valence-electron chi connectivity index (χ1n) is 11.2. The predicted molar refractivity (Wildman–Crippen MR) is 120 cm³/mol. The highest BCUT2D eigenvalue weighted by atomic mass is 16.5. The molecule has 150 valence electrons. The third kappa shape index (κ3) is 9.19. The van der Waals surface area contributed by atoms with Crippen molar-refractivity contribution >= 4 is 0 Å². The minimum atomic E-state index is 0.584. The first-order chi connectivity index (χ1) is 13.8. The van der Waals surface area contributed by atoms with E-state index < -0.39 is 0 Å². The van der Waals surface area contributed by atoms with E-state index in [2.05, 4.69) is 37.5 Å². The molecule has 0 spiro atoms. The van der Waals surface area contributed by atoms with Crippen LogP contribution < -0.4 is 4.74 Å². The van der Waals surface area contributed by atoms with Crippen LogP contribution in [0.5, 0.6) is 5.75 Å². The lowest BCUT2D eigenvalue weighted by Gasteiger charge is -2.25. The van der Waals surface area contributed by atoms with Crippen molar-refractivity contribution in [2.24, 2.45) is 11.8 Å². The lowest BCUT2D eigenvalue weighted by molar-refractivity contribution is 0.294. The van der Waals surface area contributed by atoms with Gasteiger partial charge in [-0.2, -0.15) is 0 Å². The minimum absolute atomic E-state index is 0.584. The first kappa shape index (κ1) is 22.2. The summed E-state index contributed by atoms with van der Waals surface area (Å²) in [7, 11) is 0. The van der Waals surface area contributed by atoms with Crippen LogP contribution >= 0.6 is 0 Å². The zero-order valence-corrected chi connectivity index (χ0v) is 17.8. The van der Waals surface area contributed by atoms with E-state index in [0.717, 1.165) is 36.7 Å². The quantitative estimate of drug-likeness (QED) is 0.345. The molecule has 1 nitrogen and oxygen atoms in total. The number of rotatable bonds is 8. The van der Waals surface area contributed by atoms with Crippen molar-refractivity contribution in [1.29, 1.82) is 0 Å². The maximum atomic E-state index is 5.67. The molecule has 28 heavy (non-hydrogen) atoms. The molecule has 0 bridgehead atoms. The largest absolute Gasteiger partial charge is 0.494 e. The number of unbranched alkanes of at least 4 members (excludes halogenated alkanes) is 3. The Balaban J connectivity index is 1.68. The molecule has 0 N–H and O–H groups in total. The molecule has 1 aliphatic rings. The maximum absolute atomic E-state index is 5.67. The van der Waals surface area contributed by atoms with Gasteiger partial charge in [-0.25, -0.2) is 0 Å². The Labute approximate surface area is 173 Å². The average molecular weight is 377 g/mol. The van der Waals surface area contributed by atoms with Crippen LogP contribution in [0, 0.1) is 35.5 Å². The lowest BCUT2D eigenvalue weighted by atomic mass is 9.80. The fourth-order valence-electron chi connectivity index (χ4n) is 3.62. The van der Waals surface area contributed by atoms with Crippen LogP contribution in [0.15, 0.2) is 36.4 Å². The molecule has 0 unspecified atom stereocenters. The number of ether oxygens (including phenoxy) is 1. The van der Waals surface area contributed by atoms with Crippen LogP contribution in [0.25, 0.3) is 0 Å². The van der Waals surface area contributed by atoms with E-state index in [-0.39, 0.29) is 0 Å².